The highest BCUT2D eigenvalue weighted by Gasteiger charge is 2.24. The van der Waals surface area contributed by atoms with E-state index < -0.39 is 0 Å². The summed E-state index contributed by atoms with van der Waals surface area (Å²) in [5, 5.41) is 3.06. The number of rotatable bonds is 7. The third-order valence-electron chi connectivity index (χ3n) is 4.86. The predicted octanol–water partition coefficient (Wildman–Crippen LogP) is 2.89. The molecule has 0 spiro atoms. The molecule has 28 heavy (non-hydrogen) atoms. The first kappa shape index (κ1) is 19.7. The highest BCUT2D eigenvalue weighted by atomic mass is 16.5. The fraction of sp³-hybridized carbons (Fsp3) is 0.364. The third-order valence-corrected chi connectivity index (χ3v) is 4.86. The molecule has 1 heterocycles. The molecule has 148 valence electrons. The van der Waals surface area contributed by atoms with Crippen LogP contribution in [-0.4, -0.2) is 49.6 Å². The summed E-state index contributed by atoms with van der Waals surface area (Å²) in [6.45, 7) is 1.60. The van der Waals surface area contributed by atoms with E-state index in [0.29, 0.717) is 43.2 Å². The molecule has 0 atom stereocenters. The van der Waals surface area contributed by atoms with E-state index >= 15 is 0 Å². The molecule has 0 radical (unpaired) electrons. The molecule has 2 aromatic rings. The van der Waals surface area contributed by atoms with Crippen molar-refractivity contribution >= 4 is 11.8 Å². The SMILES string of the molecule is COc1ccccc1OCCC(=O)N1CCC(NC(=O)c2ccccc2)CC1. The van der Waals surface area contributed by atoms with E-state index in [9.17, 15) is 9.59 Å². The van der Waals surface area contributed by atoms with E-state index in [-0.39, 0.29) is 17.9 Å². The summed E-state index contributed by atoms with van der Waals surface area (Å²) in [5.41, 5.74) is 0.662. The van der Waals surface area contributed by atoms with Crippen molar-refractivity contribution in [3.05, 3.63) is 60.2 Å². The Morgan fingerprint density at radius 3 is 2.32 bits per heavy atom. The van der Waals surface area contributed by atoms with Gasteiger partial charge in [0, 0.05) is 24.7 Å². The summed E-state index contributed by atoms with van der Waals surface area (Å²) in [4.78, 5) is 26.5. The Kier molecular flexibility index (Phi) is 6.89. The molecule has 1 saturated heterocycles. The molecule has 2 amide bonds. The minimum atomic E-state index is -0.0596. The van der Waals surface area contributed by atoms with Gasteiger partial charge in [0.05, 0.1) is 20.1 Å². The first-order chi connectivity index (χ1) is 13.7. The van der Waals surface area contributed by atoms with E-state index in [1.807, 2.05) is 47.4 Å². The third kappa shape index (κ3) is 5.25. The lowest BCUT2D eigenvalue weighted by atomic mass is 10.0. The Labute approximate surface area is 165 Å². The van der Waals surface area contributed by atoms with Crippen LogP contribution >= 0.6 is 0 Å². The average Bonchev–Trinajstić information content (AvgIpc) is 2.75. The summed E-state index contributed by atoms with van der Waals surface area (Å²) in [6.07, 6.45) is 1.84. The van der Waals surface area contributed by atoms with Crippen LogP contribution in [0.2, 0.25) is 0 Å². The van der Waals surface area contributed by atoms with Crippen molar-refractivity contribution in [2.75, 3.05) is 26.8 Å². The summed E-state index contributed by atoms with van der Waals surface area (Å²) in [7, 11) is 1.59. The van der Waals surface area contributed by atoms with Gasteiger partial charge in [-0.15, -0.1) is 0 Å². The van der Waals surface area contributed by atoms with Crippen molar-refractivity contribution in [1.82, 2.24) is 10.2 Å². The zero-order valence-corrected chi connectivity index (χ0v) is 16.1. The smallest absolute Gasteiger partial charge is 0.251 e. The Bertz CT molecular complexity index is 786. The minimum Gasteiger partial charge on any atom is -0.493 e. The van der Waals surface area contributed by atoms with E-state index in [0.717, 1.165) is 12.8 Å². The largest absolute Gasteiger partial charge is 0.493 e. The maximum Gasteiger partial charge on any atom is 0.251 e. The lowest BCUT2D eigenvalue weighted by Gasteiger charge is -2.32. The number of para-hydroxylation sites is 2. The highest BCUT2D eigenvalue weighted by Crippen LogP contribution is 2.25. The van der Waals surface area contributed by atoms with Gasteiger partial charge in [0.25, 0.3) is 5.91 Å². The lowest BCUT2D eigenvalue weighted by molar-refractivity contribution is -0.132. The number of likely N-dealkylation sites (tertiary alicyclic amines) is 1. The molecule has 2 aromatic carbocycles. The summed E-state index contributed by atoms with van der Waals surface area (Å²) in [6, 6.07) is 16.7. The first-order valence-corrected chi connectivity index (χ1v) is 9.57. The van der Waals surface area contributed by atoms with E-state index in [4.69, 9.17) is 9.47 Å². The van der Waals surface area contributed by atoms with Crippen LogP contribution in [0.3, 0.4) is 0 Å². The molecule has 1 N–H and O–H groups in total. The Hall–Kier alpha value is -3.02. The normalized spacial score (nSPS) is 14.4. The number of carbonyl (C=O) groups is 2. The number of carbonyl (C=O) groups excluding carboxylic acids is 2. The van der Waals surface area contributed by atoms with Crippen molar-refractivity contribution < 1.29 is 19.1 Å². The van der Waals surface area contributed by atoms with Gasteiger partial charge in [0.2, 0.25) is 5.91 Å². The molecule has 6 nitrogen and oxygen atoms in total. The first-order valence-electron chi connectivity index (χ1n) is 9.57. The van der Waals surface area contributed by atoms with Crippen molar-refractivity contribution in [1.29, 1.82) is 0 Å². The molecule has 0 unspecified atom stereocenters. The van der Waals surface area contributed by atoms with Gasteiger partial charge in [-0.05, 0) is 37.1 Å². The summed E-state index contributed by atoms with van der Waals surface area (Å²) in [5.74, 6) is 1.31. The zero-order chi connectivity index (χ0) is 19.8. The molecule has 1 fully saturated rings. The molecule has 0 saturated carbocycles. The number of piperidine rings is 1. The summed E-state index contributed by atoms with van der Waals surface area (Å²) >= 11 is 0. The van der Waals surface area contributed by atoms with Gasteiger partial charge in [-0.1, -0.05) is 30.3 Å². The van der Waals surface area contributed by atoms with Crippen molar-refractivity contribution in [3.8, 4) is 11.5 Å². The van der Waals surface area contributed by atoms with Crippen LogP contribution in [0.15, 0.2) is 54.6 Å². The van der Waals surface area contributed by atoms with Gasteiger partial charge in [0.15, 0.2) is 11.5 Å². The number of hydrogen-bond donors (Lipinski definition) is 1. The van der Waals surface area contributed by atoms with Crippen LogP contribution < -0.4 is 14.8 Å². The number of methoxy groups -OCH3 is 1. The van der Waals surface area contributed by atoms with Crippen LogP contribution in [0.5, 0.6) is 11.5 Å². The number of nitrogens with one attached hydrogen (secondary N) is 1. The topological polar surface area (TPSA) is 67.9 Å². The number of hydrogen-bond acceptors (Lipinski definition) is 4. The lowest BCUT2D eigenvalue weighted by Crippen LogP contribution is -2.46. The molecule has 1 aliphatic rings. The molecule has 0 aliphatic carbocycles. The van der Waals surface area contributed by atoms with Gasteiger partial charge >= 0.3 is 0 Å². The minimum absolute atomic E-state index is 0.0596. The second kappa shape index (κ2) is 9.78. The number of ether oxygens (including phenoxy) is 2. The number of benzene rings is 2. The van der Waals surface area contributed by atoms with Crippen molar-refractivity contribution in [2.24, 2.45) is 0 Å². The maximum atomic E-state index is 12.4. The van der Waals surface area contributed by atoms with E-state index in [1.165, 1.54) is 0 Å². The molecular weight excluding hydrogens is 356 g/mol. The van der Waals surface area contributed by atoms with Gasteiger partial charge < -0.3 is 19.7 Å². The quantitative estimate of drug-likeness (QED) is 0.800. The van der Waals surface area contributed by atoms with E-state index in [2.05, 4.69) is 5.32 Å². The molecular formula is C22H26N2O4. The number of nitrogens with zero attached hydrogens (tertiary/aromatic N) is 1. The van der Waals surface area contributed by atoms with E-state index in [1.54, 1.807) is 19.2 Å². The van der Waals surface area contributed by atoms with Crippen LogP contribution in [0.4, 0.5) is 0 Å². The monoisotopic (exact) mass is 382 g/mol. The molecule has 0 bridgehead atoms. The summed E-state index contributed by atoms with van der Waals surface area (Å²) < 4.78 is 10.9. The number of amides is 2. The molecule has 0 aromatic heterocycles. The molecule has 3 rings (SSSR count). The van der Waals surface area contributed by atoms with Crippen LogP contribution in [0, 0.1) is 0 Å². The predicted molar refractivity (Wildman–Crippen MR) is 107 cm³/mol. The van der Waals surface area contributed by atoms with Crippen molar-refractivity contribution in [3.63, 3.8) is 0 Å². The molecule has 6 heteroatoms. The highest BCUT2D eigenvalue weighted by molar-refractivity contribution is 5.94. The second-order valence-corrected chi connectivity index (χ2v) is 6.74. The van der Waals surface area contributed by atoms with Gasteiger partial charge in [-0.2, -0.15) is 0 Å². The van der Waals surface area contributed by atoms with Crippen molar-refractivity contribution in [2.45, 2.75) is 25.3 Å². The second-order valence-electron chi connectivity index (χ2n) is 6.74. The van der Waals surface area contributed by atoms with Gasteiger partial charge in [0.1, 0.15) is 0 Å². The Morgan fingerprint density at radius 1 is 1.00 bits per heavy atom. The molecule has 1 aliphatic heterocycles. The Morgan fingerprint density at radius 2 is 1.64 bits per heavy atom. The Balaban J connectivity index is 1.39. The van der Waals surface area contributed by atoms with Gasteiger partial charge in [-0.25, -0.2) is 0 Å². The standard InChI is InChI=1S/C22H26N2O4/c1-27-19-9-5-6-10-20(19)28-16-13-21(25)24-14-11-18(12-15-24)23-22(26)17-7-3-2-4-8-17/h2-10,18H,11-16H2,1H3,(H,23,26). The average molecular weight is 382 g/mol. The van der Waals surface area contributed by atoms with Crippen LogP contribution in [0.25, 0.3) is 0 Å². The fourth-order valence-corrected chi connectivity index (χ4v) is 3.28. The van der Waals surface area contributed by atoms with Gasteiger partial charge in [-0.3, -0.25) is 9.59 Å². The zero-order valence-electron chi connectivity index (χ0n) is 16.1. The fourth-order valence-electron chi connectivity index (χ4n) is 3.28. The maximum absolute atomic E-state index is 12.4. The van der Waals surface area contributed by atoms with Crippen LogP contribution in [-0.2, 0) is 4.79 Å². The van der Waals surface area contributed by atoms with Crippen LogP contribution in [0.1, 0.15) is 29.6 Å².